The van der Waals surface area contributed by atoms with Gasteiger partial charge in [0.05, 0.1) is 11.3 Å². The van der Waals surface area contributed by atoms with Crippen LogP contribution in [0.2, 0.25) is 0 Å². The van der Waals surface area contributed by atoms with E-state index in [2.05, 4.69) is 25.5 Å². The van der Waals surface area contributed by atoms with E-state index in [-0.39, 0.29) is 40.1 Å². The van der Waals surface area contributed by atoms with Crippen molar-refractivity contribution in [3.05, 3.63) is 81.1 Å². The number of aromatic nitrogens is 9. The zero-order chi connectivity index (χ0) is 28.3. The van der Waals surface area contributed by atoms with Crippen LogP contribution in [0.15, 0.2) is 58.5 Å². The van der Waals surface area contributed by atoms with E-state index in [4.69, 9.17) is 4.74 Å². The average molecular weight is 542 g/mol. The number of hydrogen-bond donors (Lipinski definition) is 2. The molecular weight excluding hydrogens is 518 g/mol. The number of imidazole rings is 1. The van der Waals surface area contributed by atoms with Crippen molar-refractivity contribution in [2.24, 2.45) is 14.1 Å². The van der Waals surface area contributed by atoms with Gasteiger partial charge in [0.25, 0.3) is 0 Å². The first-order chi connectivity index (χ1) is 19.1. The molecule has 40 heavy (non-hydrogen) atoms. The molecule has 0 saturated heterocycles. The summed E-state index contributed by atoms with van der Waals surface area (Å²) in [5.74, 6) is -1.08. The van der Waals surface area contributed by atoms with E-state index in [9.17, 15) is 19.5 Å². The van der Waals surface area contributed by atoms with E-state index < -0.39 is 17.3 Å². The zero-order valence-corrected chi connectivity index (χ0v) is 21.9. The van der Waals surface area contributed by atoms with Crippen molar-refractivity contribution in [3.8, 4) is 28.6 Å². The first kappa shape index (κ1) is 24.8. The van der Waals surface area contributed by atoms with Gasteiger partial charge in [-0.05, 0) is 41.8 Å². The summed E-state index contributed by atoms with van der Waals surface area (Å²) >= 11 is 0. The minimum absolute atomic E-state index is 0.0779. The topological polar surface area (TPSA) is 167 Å². The Morgan fingerprint density at radius 2 is 1.90 bits per heavy atom. The Balaban J connectivity index is 1.50. The van der Waals surface area contributed by atoms with Crippen molar-refractivity contribution in [3.63, 3.8) is 0 Å². The molecular formula is C26H23N9O5. The Morgan fingerprint density at radius 1 is 1.10 bits per heavy atom. The van der Waals surface area contributed by atoms with E-state index in [1.165, 1.54) is 17.7 Å². The molecule has 0 spiro atoms. The van der Waals surface area contributed by atoms with E-state index in [1.54, 1.807) is 12.1 Å². The Labute approximate surface area is 224 Å². The minimum atomic E-state index is -0.946. The standard InChI is InChI=1S/C26H23N9O5/c1-13(2)16-10-17(22-28-30-25(38)35(22)15-5-6-18-14(9-15)7-8-32(18)3)20(11-19(16)36)40-24(37)21-23-29-31-33(4)26(39)34(23)12-27-21/h5-13,36H,1-4H3,(H,30,38). The van der Waals surface area contributed by atoms with Gasteiger partial charge in [0.15, 0.2) is 17.2 Å². The van der Waals surface area contributed by atoms with Gasteiger partial charge < -0.3 is 14.4 Å². The van der Waals surface area contributed by atoms with Crippen LogP contribution in [0, 0.1) is 0 Å². The fourth-order valence-electron chi connectivity index (χ4n) is 4.61. The number of hydrogen-bond acceptors (Lipinski definition) is 9. The quantitative estimate of drug-likeness (QED) is 0.245. The molecule has 202 valence electrons. The molecule has 0 radical (unpaired) electrons. The predicted octanol–water partition coefficient (Wildman–Crippen LogP) is 1.90. The highest BCUT2D eigenvalue weighted by molar-refractivity contribution is 5.96. The Kier molecular flexibility index (Phi) is 5.60. The van der Waals surface area contributed by atoms with Gasteiger partial charge in [-0.25, -0.2) is 33.4 Å². The van der Waals surface area contributed by atoms with E-state index in [1.807, 2.05) is 49.9 Å². The van der Waals surface area contributed by atoms with Gasteiger partial charge >= 0.3 is 17.3 Å². The number of H-pyrrole nitrogens is 1. The summed E-state index contributed by atoms with van der Waals surface area (Å²) in [6, 6.07) is 10.4. The number of benzene rings is 2. The highest BCUT2D eigenvalue weighted by atomic mass is 16.5. The summed E-state index contributed by atoms with van der Waals surface area (Å²) < 4.78 is 11.1. The van der Waals surface area contributed by atoms with Gasteiger partial charge in [-0.2, -0.15) is 9.78 Å². The third kappa shape index (κ3) is 3.84. The summed E-state index contributed by atoms with van der Waals surface area (Å²) in [6.45, 7) is 3.78. The summed E-state index contributed by atoms with van der Waals surface area (Å²) in [5.41, 5.74) is 0.940. The molecule has 6 rings (SSSR count). The number of ether oxygens (including phenoxy) is 1. The van der Waals surface area contributed by atoms with E-state index in [0.29, 0.717) is 11.3 Å². The summed E-state index contributed by atoms with van der Waals surface area (Å²) in [7, 11) is 3.34. The molecule has 2 N–H and O–H groups in total. The number of nitrogens with one attached hydrogen (secondary N) is 1. The van der Waals surface area contributed by atoms with Crippen LogP contribution in [0.25, 0.3) is 33.6 Å². The molecule has 4 aromatic heterocycles. The normalized spacial score (nSPS) is 11.6. The highest BCUT2D eigenvalue weighted by Gasteiger charge is 2.25. The number of carbonyl (C=O) groups is 1. The molecule has 14 nitrogen and oxygen atoms in total. The molecule has 0 aliphatic heterocycles. The van der Waals surface area contributed by atoms with E-state index in [0.717, 1.165) is 26.3 Å². The van der Waals surface area contributed by atoms with Gasteiger partial charge in [-0.1, -0.05) is 19.1 Å². The molecule has 14 heteroatoms. The number of fused-ring (bicyclic) bond motifs is 2. The maximum Gasteiger partial charge on any atom is 0.366 e. The number of carbonyl (C=O) groups excluding carboxylic acids is 1. The first-order valence-corrected chi connectivity index (χ1v) is 12.2. The molecule has 0 bridgehead atoms. The Hall–Kier alpha value is -5.53. The second-order valence-corrected chi connectivity index (χ2v) is 9.59. The zero-order valence-electron chi connectivity index (χ0n) is 21.9. The van der Waals surface area contributed by atoms with Crippen LogP contribution >= 0.6 is 0 Å². The van der Waals surface area contributed by atoms with Crippen molar-refractivity contribution in [2.45, 2.75) is 19.8 Å². The lowest BCUT2D eigenvalue weighted by Crippen LogP contribution is -2.27. The summed E-state index contributed by atoms with van der Waals surface area (Å²) in [4.78, 5) is 42.6. The lowest BCUT2D eigenvalue weighted by atomic mass is 9.98. The third-order valence-corrected chi connectivity index (χ3v) is 6.69. The lowest BCUT2D eigenvalue weighted by Gasteiger charge is -2.15. The number of aromatic hydroxyl groups is 1. The number of rotatable bonds is 5. The maximum atomic E-state index is 13.3. The van der Waals surface area contributed by atoms with E-state index >= 15 is 0 Å². The van der Waals surface area contributed by atoms with Crippen molar-refractivity contribution in [1.29, 1.82) is 0 Å². The number of aromatic amines is 1. The molecule has 0 amide bonds. The molecule has 2 aromatic carbocycles. The summed E-state index contributed by atoms with van der Waals surface area (Å²) in [5, 5.41) is 26.0. The van der Waals surface area contributed by atoms with Crippen LogP contribution in [0.4, 0.5) is 0 Å². The molecule has 0 atom stereocenters. The van der Waals surface area contributed by atoms with Gasteiger partial charge in [0, 0.05) is 37.3 Å². The van der Waals surface area contributed by atoms with Crippen molar-refractivity contribution in [2.75, 3.05) is 0 Å². The van der Waals surface area contributed by atoms with Crippen LogP contribution in [0.3, 0.4) is 0 Å². The monoisotopic (exact) mass is 541 g/mol. The summed E-state index contributed by atoms with van der Waals surface area (Å²) in [6.07, 6.45) is 3.06. The van der Waals surface area contributed by atoms with Crippen LogP contribution in [-0.4, -0.2) is 54.8 Å². The lowest BCUT2D eigenvalue weighted by molar-refractivity contribution is 0.0731. The molecule has 0 fully saturated rings. The molecule has 6 aromatic rings. The molecule has 0 unspecified atom stereocenters. The van der Waals surface area contributed by atoms with Crippen LogP contribution in [0.5, 0.6) is 11.5 Å². The smallest absolute Gasteiger partial charge is 0.366 e. The van der Waals surface area contributed by atoms with Gasteiger partial charge in [0.1, 0.15) is 17.8 Å². The predicted molar refractivity (Wildman–Crippen MR) is 143 cm³/mol. The molecule has 0 saturated carbocycles. The maximum absolute atomic E-state index is 13.3. The fourth-order valence-corrected chi connectivity index (χ4v) is 4.61. The van der Waals surface area contributed by atoms with Crippen LogP contribution in [0.1, 0.15) is 35.8 Å². The first-order valence-electron chi connectivity index (χ1n) is 12.2. The van der Waals surface area contributed by atoms with Gasteiger partial charge in [-0.15, -0.1) is 5.10 Å². The number of phenols is 1. The molecule has 0 aliphatic rings. The molecule has 0 aliphatic carbocycles. The second kappa shape index (κ2) is 9.04. The third-order valence-electron chi connectivity index (χ3n) is 6.69. The SMILES string of the molecule is CC(C)c1cc(-c2n[nH]c(=O)n2-c2ccc3c(ccn3C)c2)c(OC(=O)c2ncn3c(=O)n(C)nnc23)cc1O. The average Bonchev–Trinajstić information content (AvgIpc) is 3.63. The Morgan fingerprint density at radius 3 is 2.67 bits per heavy atom. The number of esters is 1. The largest absolute Gasteiger partial charge is 0.508 e. The second-order valence-electron chi connectivity index (χ2n) is 9.59. The molecule has 4 heterocycles. The van der Waals surface area contributed by atoms with Crippen LogP contribution < -0.4 is 16.1 Å². The highest BCUT2D eigenvalue weighted by Crippen LogP contribution is 2.38. The van der Waals surface area contributed by atoms with Gasteiger partial charge in [-0.3, -0.25) is 0 Å². The van der Waals surface area contributed by atoms with Crippen molar-refractivity contribution < 1.29 is 14.6 Å². The number of phenolic OH excluding ortho intramolecular Hbond substituents is 1. The fraction of sp³-hybridized carbons (Fsp3) is 0.192. The van der Waals surface area contributed by atoms with Crippen molar-refractivity contribution in [1.82, 2.24) is 43.7 Å². The Bertz CT molecular complexity index is 2080. The van der Waals surface area contributed by atoms with Crippen LogP contribution in [-0.2, 0) is 14.1 Å². The van der Waals surface area contributed by atoms with Gasteiger partial charge in [0.2, 0.25) is 0 Å². The van der Waals surface area contributed by atoms with Crippen molar-refractivity contribution >= 4 is 22.5 Å². The number of aryl methyl sites for hydroxylation is 2. The number of nitrogens with zero attached hydrogens (tertiary/aromatic N) is 8. The minimum Gasteiger partial charge on any atom is -0.508 e.